The molecule has 9 heteroatoms. The number of hydrogen-bond donors (Lipinski definition) is 1. The number of carbonyl (C=O) groups excluding carboxylic acids is 1. The lowest BCUT2D eigenvalue weighted by molar-refractivity contribution is -0.122. The normalized spacial score (nSPS) is 19.9. The number of benzene rings is 1. The van der Waals surface area contributed by atoms with Gasteiger partial charge >= 0.3 is 0 Å². The van der Waals surface area contributed by atoms with Gasteiger partial charge in [0.1, 0.15) is 10.9 Å². The van der Waals surface area contributed by atoms with Gasteiger partial charge in [-0.05, 0) is 40.9 Å². The number of rotatable bonds is 4. The number of halogens is 2. The molecule has 0 bridgehead atoms. The van der Waals surface area contributed by atoms with Crippen molar-refractivity contribution in [1.29, 1.82) is 0 Å². The summed E-state index contributed by atoms with van der Waals surface area (Å²) in [4.78, 5) is 11.5. The summed E-state index contributed by atoms with van der Waals surface area (Å²) in [6, 6.07) is 2.01. The highest BCUT2D eigenvalue weighted by Crippen LogP contribution is 2.38. The number of primary amides is 1. The molecular weight excluding hydrogens is 396 g/mol. The predicted molar refractivity (Wildman–Crippen MR) is 86.4 cm³/mol. The van der Waals surface area contributed by atoms with Gasteiger partial charge in [-0.15, -0.1) is 0 Å². The van der Waals surface area contributed by atoms with E-state index in [0.29, 0.717) is 17.3 Å². The van der Waals surface area contributed by atoms with E-state index in [4.69, 9.17) is 22.1 Å². The van der Waals surface area contributed by atoms with Gasteiger partial charge in [-0.2, -0.15) is 4.31 Å². The Balaban J connectivity index is 2.56. The Kier molecular flexibility index (Phi) is 5.37. The first kappa shape index (κ1) is 17.5. The van der Waals surface area contributed by atoms with Gasteiger partial charge in [-0.3, -0.25) is 4.79 Å². The Morgan fingerprint density at radius 3 is 2.73 bits per heavy atom. The number of piperidine rings is 1. The molecule has 1 unspecified atom stereocenters. The maximum Gasteiger partial charge on any atom is 0.247 e. The van der Waals surface area contributed by atoms with Crippen molar-refractivity contribution in [3.8, 4) is 5.75 Å². The van der Waals surface area contributed by atoms with Crippen LogP contribution < -0.4 is 10.5 Å². The molecule has 1 saturated heterocycles. The molecule has 0 spiro atoms. The van der Waals surface area contributed by atoms with Crippen LogP contribution >= 0.6 is 27.5 Å². The summed E-state index contributed by atoms with van der Waals surface area (Å²) in [5.74, 6) is -0.499. The van der Waals surface area contributed by atoms with Gasteiger partial charge in [-0.25, -0.2) is 8.42 Å². The van der Waals surface area contributed by atoms with Crippen molar-refractivity contribution in [2.24, 2.45) is 5.73 Å². The molecule has 6 nitrogen and oxygen atoms in total. The second-order valence-corrected chi connectivity index (χ2v) is 8.10. The average Bonchev–Trinajstić information content (AvgIpc) is 2.46. The fourth-order valence-corrected chi connectivity index (χ4v) is 5.57. The highest BCUT2D eigenvalue weighted by molar-refractivity contribution is 9.10. The third-order valence-corrected chi connectivity index (χ3v) is 6.27. The number of amides is 1. The van der Waals surface area contributed by atoms with Crippen LogP contribution in [0.25, 0.3) is 0 Å². The molecule has 2 rings (SSSR count). The number of carbonyl (C=O) groups is 1. The zero-order chi connectivity index (χ0) is 16.5. The molecule has 1 fully saturated rings. The number of nitrogens with two attached hydrogens (primary N) is 1. The van der Waals surface area contributed by atoms with E-state index in [2.05, 4.69) is 15.9 Å². The van der Waals surface area contributed by atoms with Crippen LogP contribution in [0.1, 0.15) is 19.3 Å². The zero-order valence-corrected chi connectivity index (χ0v) is 15.0. The lowest BCUT2D eigenvalue weighted by Gasteiger charge is -2.33. The monoisotopic (exact) mass is 410 g/mol. The standard InChI is InChI=1S/C13H16BrClN2O4S/c1-21-12-9(14)6-8(15)7-11(12)22(19,20)17-5-3-2-4-10(17)13(16)18/h6-7,10H,2-5H2,1H3,(H2,16,18). The van der Waals surface area contributed by atoms with Crippen molar-refractivity contribution in [3.63, 3.8) is 0 Å². The predicted octanol–water partition coefficient (Wildman–Crippen LogP) is 2.14. The summed E-state index contributed by atoms with van der Waals surface area (Å²) in [7, 11) is -2.58. The smallest absolute Gasteiger partial charge is 0.247 e. The van der Waals surface area contributed by atoms with Gasteiger partial charge in [0.25, 0.3) is 0 Å². The molecule has 1 aromatic rings. The summed E-state index contributed by atoms with van der Waals surface area (Å²) < 4.78 is 32.6. The van der Waals surface area contributed by atoms with Crippen molar-refractivity contribution in [2.75, 3.05) is 13.7 Å². The number of methoxy groups -OCH3 is 1. The molecule has 1 aliphatic heterocycles. The first-order valence-electron chi connectivity index (χ1n) is 6.63. The summed E-state index contributed by atoms with van der Waals surface area (Å²) in [6.45, 7) is 0.239. The van der Waals surface area contributed by atoms with Gasteiger partial charge in [0, 0.05) is 11.6 Å². The van der Waals surface area contributed by atoms with E-state index in [1.807, 2.05) is 0 Å². The highest BCUT2D eigenvalue weighted by atomic mass is 79.9. The minimum Gasteiger partial charge on any atom is -0.494 e. The molecule has 1 aliphatic rings. The summed E-state index contributed by atoms with van der Waals surface area (Å²) >= 11 is 9.20. The molecule has 2 N–H and O–H groups in total. The molecule has 0 saturated carbocycles. The van der Waals surface area contributed by atoms with E-state index < -0.39 is 22.0 Å². The van der Waals surface area contributed by atoms with Gasteiger partial charge < -0.3 is 10.5 Å². The molecule has 1 amide bonds. The fourth-order valence-electron chi connectivity index (χ4n) is 2.53. The minimum absolute atomic E-state index is 0.0810. The Morgan fingerprint density at radius 2 is 2.14 bits per heavy atom. The summed E-state index contributed by atoms with van der Waals surface area (Å²) in [6.07, 6.45) is 1.85. The van der Waals surface area contributed by atoms with E-state index in [9.17, 15) is 13.2 Å². The number of hydrogen-bond acceptors (Lipinski definition) is 4. The van der Waals surface area contributed by atoms with E-state index in [0.717, 1.165) is 10.7 Å². The first-order chi connectivity index (χ1) is 10.3. The Morgan fingerprint density at radius 1 is 1.45 bits per heavy atom. The molecule has 0 aliphatic carbocycles. The van der Waals surface area contributed by atoms with Crippen molar-refractivity contribution >= 4 is 43.5 Å². The van der Waals surface area contributed by atoms with Crippen molar-refractivity contribution in [2.45, 2.75) is 30.2 Å². The lowest BCUT2D eigenvalue weighted by Crippen LogP contribution is -2.50. The van der Waals surface area contributed by atoms with Crippen LogP contribution in [0.5, 0.6) is 5.75 Å². The van der Waals surface area contributed by atoms with Crippen molar-refractivity contribution < 1.29 is 17.9 Å². The quantitative estimate of drug-likeness (QED) is 0.822. The van der Waals surface area contributed by atoms with E-state index >= 15 is 0 Å². The summed E-state index contributed by atoms with van der Waals surface area (Å²) in [5, 5.41) is 0.249. The zero-order valence-electron chi connectivity index (χ0n) is 11.9. The summed E-state index contributed by atoms with van der Waals surface area (Å²) in [5.41, 5.74) is 5.35. The van der Waals surface area contributed by atoms with Crippen LogP contribution in [0.15, 0.2) is 21.5 Å². The van der Waals surface area contributed by atoms with Crippen LogP contribution in [0.2, 0.25) is 5.02 Å². The molecule has 1 aromatic carbocycles. The number of ether oxygens (including phenoxy) is 1. The van der Waals surface area contributed by atoms with Crippen molar-refractivity contribution in [1.82, 2.24) is 4.31 Å². The van der Waals surface area contributed by atoms with Gasteiger partial charge in [-0.1, -0.05) is 18.0 Å². The molecule has 22 heavy (non-hydrogen) atoms. The average molecular weight is 412 g/mol. The number of sulfonamides is 1. The second-order valence-electron chi connectivity index (χ2n) is 4.95. The first-order valence-corrected chi connectivity index (χ1v) is 9.24. The Labute approximate surface area is 142 Å². The van der Waals surface area contributed by atoms with Crippen LogP contribution in [0, 0.1) is 0 Å². The highest BCUT2D eigenvalue weighted by Gasteiger charge is 2.38. The Bertz CT molecular complexity index is 696. The fraction of sp³-hybridized carbons (Fsp3) is 0.462. The molecule has 1 atom stereocenters. The SMILES string of the molecule is COc1c(Br)cc(Cl)cc1S(=O)(=O)N1CCCCC1C(N)=O. The van der Waals surface area contributed by atoms with Gasteiger partial charge in [0.05, 0.1) is 11.6 Å². The van der Waals surface area contributed by atoms with Crippen LogP contribution in [-0.2, 0) is 14.8 Å². The maximum atomic E-state index is 12.9. The van der Waals surface area contributed by atoms with Gasteiger partial charge in [0.15, 0.2) is 5.75 Å². The Hall–Kier alpha value is -0.830. The lowest BCUT2D eigenvalue weighted by atomic mass is 10.0. The maximum absolute atomic E-state index is 12.9. The van der Waals surface area contributed by atoms with Crippen LogP contribution in [-0.4, -0.2) is 38.3 Å². The topological polar surface area (TPSA) is 89.7 Å². The number of nitrogens with zero attached hydrogens (tertiary/aromatic N) is 1. The second kappa shape index (κ2) is 6.74. The minimum atomic E-state index is -3.95. The molecule has 0 radical (unpaired) electrons. The van der Waals surface area contributed by atoms with Crippen LogP contribution in [0.3, 0.4) is 0 Å². The van der Waals surface area contributed by atoms with Crippen molar-refractivity contribution in [3.05, 3.63) is 21.6 Å². The van der Waals surface area contributed by atoms with E-state index in [1.165, 1.54) is 13.2 Å². The largest absolute Gasteiger partial charge is 0.494 e. The molecular formula is C13H16BrClN2O4S. The third kappa shape index (κ3) is 3.24. The molecule has 122 valence electrons. The molecule has 0 aromatic heterocycles. The van der Waals surface area contributed by atoms with Gasteiger partial charge in [0.2, 0.25) is 15.9 Å². The van der Waals surface area contributed by atoms with E-state index in [1.54, 1.807) is 6.07 Å². The van der Waals surface area contributed by atoms with E-state index in [-0.39, 0.29) is 22.2 Å². The third-order valence-electron chi connectivity index (χ3n) is 3.55. The molecule has 1 heterocycles. The van der Waals surface area contributed by atoms with Crippen LogP contribution in [0.4, 0.5) is 0 Å².